The van der Waals surface area contributed by atoms with E-state index in [4.69, 9.17) is 21.0 Å². The lowest BCUT2D eigenvalue weighted by molar-refractivity contribution is -0.438. The van der Waals surface area contributed by atoms with E-state index in [9.17, 15) is 25.9 Å². The molecule has 6 rings (SSSR count). The van der Waals surface area contributed by atoms with E-state index in [0.717, 1.165) is 58.0 Å². The molecule has 0 unspecified atom stereocenters. The smallest absolute Gasteiger partial charge is 0.295 e. The number of hydrogen-bond donors (Lipinski definition) is 6. The number of fused-ring (bicyclic) bond motifs is 6. The van der Waals surface area contributed by atoms with E-state index in [1.807, 2.05) is 58.1 Å². The highest BCUT2D eigenvalue weighted by Gasteiger charge is 2.46. The Bertz CT molecular complexity index is 2820. The Kier molecular flexibility index (Phi) is 17.9. The first kappa shape index (κ1) is 52.7. The van der Waals surface area contributed by atoms with Crippen LogP contribution in [0, 0.1) is 0 Å². The molecule has 2 aliphatic rings. The van der Waals surface area contributed by atoms with E-state index >= 15 is 0 Å². The van der Waals surface area contributed by atoms with Gasteiger partial charge in [0.2, 0.25) is 5.69 Å². The van der Waals surface area contributed by atoms with Crippen LogP contribution in [-0.4, -0.2) is 81.9 Å². The third-order valence-corrected chi connectivity index (χ3v) is 15.5. The highest BCUT2D eigenvalue weighted by atomic mass is 79.9. The van der Waals surface area contributed by atoms with Gasteiger partial charge in [0.05, 0.1) is 34.4 Å². The zero-order chi connectivity index (χ0) is 48.0. The lowest BCUT2D eigenvalue weighted by Crippen LogP contribution is -2.28. The first-order valence-electron chi connectivity index (χ1n) is 19.2. The summed E-state index contributed by atoms with van der Waals surface area (Å²) in [5, 5.41) is 51.8. The van der Waals surface area contributed by atoms with Crippen molar-refractivity contribution in [1.82, 2.24) is 0 Å². The summed E-state index contributed by atoms with van der Waals surface area (Å²) in [7, 11) is -9.43. The fraction of sp³-hybridized carbons (Fsp3) is 0.308. The Balaban J connectivity index is 1.45. The van der Waals surface area contributed by atoms with Gasteiger partial charge < -0.3 is 4.90 Å². The molecule has 6 N–H and O–H groups in total. The fourth-order valence-electron chi connectivity index (χ4n) is 8.39. The van der Waals surface area contributed by atoms with Gasteiger partial charge in [-0.15, -0.1) is 17.3 Å². The maximum Gasteiger partial charge on any atom is 0.295 e. The van der Waals surface area contributed by atoms with Crippen LogP contribution in [0.25, 0.3) is 21.5 Å². The first-order valence-corrected chi connectivity index (χ1v) is 26.1. The summed E-state index contributed by atoms with van der Waals surface area (Å²) in [6, 6.07) is 12.5. The maximum atomic E-state index is 12.7. The highest BCUT2D eigenvalue weighted by Crippen LogP contribution is 2.52. The topological polar surface area (TPSA) is 270 Å². The third kappa shape index (κ3) is 11.5. The summed E-state index contributed by atoms with van der Waals surface area (Å²) in [4.78, 5) is 1.76. The summed E-state index contributed by atoms with van der Waals surface area (Å²) in [5.41, 5.74) is 2.98. The average molecular weight is 1100 g/mol. The molecule has 0 spiro atoms. The second-order valence-corrected chi connectivity index (χ2v) is 22.2. The zero-order valence-electron chi connectivity index (χ0n) is 35.0. The highest BCUT2D eigenvalue weighted by molar-refractivity contribution is 9.11. The zero-order valence-corrected chi connectivity index (χ0v) is 41.5. The minimum atomic E-state index is -4.73. The number of allylic oxidation sites excluding steroid dienone is 6. The molecule has 0 aromatic heterocycles. The summed E-state index contributed by atoms with van der Waals surface area (Å²) < 4.78 is 91.9. The van der Waals surface area contributed by atoms with Gasteiger partial charge in [0.25, 0.3) is 20.2 Å². The van der Waals surface area contributed by atoms with Gasteiger partial charge in [-0.25, -0.2) is 21.0 Å². The molecule has 358 valence electrons. The van der Waals surface area contributed by atoms with Gasteiger partial charge in [0.1, 0.15) is 11.4 Å². The van der Waals surface area contributed by atoms with E-state index in [0.29, 0.717) is 82.2 Å². The number of rotatable bonds is 23. The minimum Gasteiger partial charge on any atom is -0.344 e. The normalized spacial score (nSPS) is 16.7. The van der Waals surface area contributed by atoms with Gasteiger partial charge in [0.15, 0.2) is 5.71 Å². The van der Waals surface area contributed by atoms with Crippen molar-refractivity contribution < 1.29 is 89.0 Å². The van der Waals surface area contributed by atoms with Crippen molar-refractivity contribution >= 4 is 123 Å². The monoisotopic (exact) mass is 1100 g/mol. The SMILES string of the molecule is CC1(C)C(/C=C/C(Br)=C/C=C2/N(CCCSOOO)c3ccc4c(S(=O)(=O)O)cc(SOOO)cc4c3C2(C)C)=[N+](CCCSOOO)c2ccc3c(SOOO)cc(S(=O)(=O)O)cc3c21. The van der Waals surface area contributed by atoms with Gasteiger partial charge in [0, 0.05) is 103 Å². The predicted octanol–water partition coefficient (Wildman–Crippen LogP) is 10.2. The van der Waals surface area contributed by atoms with E-state index < -0.39 is 36.0 Å². The van der Waals surface area contributed by atoms with Crippen LogP contribution < -0.4 is 4.90 Å². The summed E-state index contributed by atoms with van der Waals surface area (Å²) >= 11 is 6.64. The largest absolute Gasteiger partial charge is 0.344 e. The van der Waals surface area contributed by atoms with Crippen LogP contribution >= 0.6 is 64.1 Å². The number of anilines is 1. The number of benzene rings is 4. The molecule has 4 aromatic carbocycles. The van der Waals surface area contributed by atoms with Gasteiger partial charge in [-0.1, -0.05) is 56.0 Å². The Morgan fingerprint density at radius 1 is 0.742 bits per heavy atom. The van der Waals surface area contributed by atoms with Crippen molar-refractivity contribution in [2.24, 2.45) is 0 Å². The molecule has 66 heavy (non-hydrogen) atoms. The molecule has 27 heteroatoms. The number of hydrogen-bond acceptors (Lipinski definition) is 21. The van der Waals surface area contributed by atoms with Crippen LogP contribution in [0.2, 0.25) is 0 Å². The van der Waals surface area contributed by atoms with E-state index in [1.165, 1.54) is 18.2 Å². The van der Waals surface area contributed by atoms with Crippen LogP contribution in [0.5, 0.6) is 0 Å². The van der Waals surface area contributed by atoms with Crippen molar-refractivity contribution in [3.63, 3.8) is 0 Å². The lowest BCUT2D eigenvalue weighted by Gasteiger charge is -2.27. The van der Waals surface area contributed by atoms with Crippen molar-refractivity contribution in [3.05, 3.63) is 94.1 Å². The molecular weight excluding hydrogens is 1060 g/mol. The van der Waals surface area contributed by atoms with Crippen LogP contribution in [0.15, 0.2) is 103 Å². The Morgan fingerprint density at radius 2 is 1.38 bits per heavy atom. The molecule has 0 amide bonds. The van der Waals surface area contributed by atoms with Gasteiger partial charge in [-0.2, -0.15) is 21.4 Å². The van der Waals surface area contributed by atoms with Gasteiger partial charge in [-0.3, -0.25) is 9.11 Å². The van der Waals surface area contributed by atoms with E-state index in [2.05, 4.69) is 62.9 Å². The van der Waals surface area contributed by atoms with Crippen molar-refractivity contribution in [2.45, 2.75) is 70.9 Å². The minimum absolute atomic E-state index is 0.217. The molecule has 0 saturated carbocycles. The van der Waals surface area contributed by atoms with E-state index in [1.54, 1.807) is 24.3 Å². The Labute approximate surface area is 404 Å². The van der Waals surface area contributed by atoms with Crippen molar-refractivity contribution in [1.29, 1.82) is 0 Å². The van der Waals surface area contributed by atoms with E-state index in [-0.39, 0.29) is 20.1 Å². The molecule has 0 saturated heterocycles. The van der Waals surface area contributed by atoms with Crippen LogP contribution in [0.4, 0.5) is 11.4 Å². The number of nitrogens with zero attached hydrogens (tertiary/aromatic N) is 2. The maximum absolute atomic E-state index is 12.7. The second-order valence-electron chi connectivity index (χ2n) is 15.4. The Morgan fingerprint density at radius 3 is 2.03 bits per heavy atom. The molecule has 2 heterocycles. The average Bonchev–Trinajstić information content (AvgIpc) is 3.62. The summed E-state index contributed by atoms with van der Waals surface area (Å²) in [6.07, 6.45) is 8.64. The van der Waals surface area contributed by atoms with Crippen molar-refractivity contribution in [3.8, 4) is 0 Å². The molecular formula is C39H42BrN2O18S6+. The lowest BCUT2D eigenvalue weighted by atomic mass is 9.79. The molecule has 0 aliphatic carbocycles. The van der Waals surface area contributed by atoms with Crippen LogP contribution in [-0.2, 0) is 68.6 Å². The number of halogens is 1. The first-order chi connectivity index (χ1) is 31.3. The standard InChI is InChI=1S/C39H41BrN2O18S6/c1-38(2)34(42(16-6-18-62-58-54-44)31-12-10-27-28(36(31)38)19-24(63-59-55-45)20-33(27)66(50,51)52)13-7-23(40)8-14-35-39(3,4)37-29-21-25(65(47,48)49)22-32(64-60-56-46)26(29)9-11-30(37)41(35)15-5-17-61-57-53-43/h7-14,19-22H,5-6,15-18H2,1-4H3,(H5-,43,44,45,46,47,48,49,50,51,52)/p+1. The van der Waals surface area contributed by atoms with Gasteiger partial charge in [-0.05, 0) is 96.6 Å². The molecule has 0 bridgehead atoms. The molecule has 0 radical (unpaired) electrons. The summed E-state index contributed by atoms with van der Waals surface area (Å²) in [6.45, 7) is 8.77. The molecule has 0 fully saturated rings. The predicted molar refractivity (Wildman–Crippen MR) is 250 cm³/mol. The summed E-state index contributed by atoms with van der Waals surface area (Å²) in [5.74, 6) is 0.849. The molecule has 20 nitrogen and oxygen atoms in total. The molecule has 2 aliphatic heterocycles. The fourth-order valence-corrected chi connectivity index (χ4v) is 11.8. The van der Waals surface area contributed by atoms with Crippen molar-refractivity contribution in [2.75, 3.05) is 29.5 Å². The quantitative estimate of drug-likeness (QED) is 0.00766. The Hall–Kier alpha value is -2.69. The van der Waals surface area contributed by atoms with Crippen LogP contribution in [0.3, 0.4) is 0 Å². The third-order valence-electron chi connectivity index (χ3n) is 10.9. The molecule has 4 aromatic rings. The second kappa shape index (κ2) is 22.4. The molecule has 0 atom stereocenters. The van der Waals surface area contributed by atoms with Gasteiger partial charge >= 0.3 is 0 Å². The van der Waals surface area contributed by atoms with Crippen LogP contribution in [0.1, 0.15) is 51.7 Å².